The molecule has 0 spiro atoms. The summed E-state index contributed by atoms with van der Waals surface area (Å²) in [6.45, 7) is 3.62. The van der Waals surface area contributed by atoms with Gasteiger partial charge < -0.3 is 19.3 Å². The highest BCUT2D eigenvalue weighted by Gasteiger charge is 2.35. The molecule has 4 rings (SSSR count). The molecule has 34 heavy (non-hydrogen) atoms. The van der Waals surface area contributed by atoms with Crippen LogP contribution in [0.3, 0.4) is 0 Å². The largest absolute Gasteiger partial charge is 0.508 e. The Hall–Kier alpha value is -3.85. The summed E-state index contributed by atoms with van der Waals surface area (Å²) in [6.07, 6.45) is 1.69. The van der Waals surface area contributed by atoms with Crippen molar-refractivity contribution in [3.8, 4) is 17.2 Å². The van der Waals surface area contributed by atoms with Gasteiger partial charge in [0.15, 0.2) is 4.80 Å². The summed E-state index contributed by atoms with van der Waals surface area (Å²) in [5.74, 6) is 0.585. The van der Waals surface area contributed by atoms with Gasteiger partial charge in [-0.05, 0) is 55.8 Å². The summed E-state index contributed by atoms with van der Waals surface area (Å²) in [7, 11) is 3.07. The van der Waals surface area contributed by atoms with Crippen LogP contribution in [0, 0.1) is 0 Å². The molecule has 0 radical (unpaired) electrons. The van der Waals surface area contributed by atoms with E-state index in [4.69, 9.17) is 14.2 Å². The average Bonchev–Trinajstić information content (AvgIpc) is 3.12. The van der Waals surface area contributed by atoms with Gasteiger partial charge in [0, 0.05) is 5.56 Å². The fourth-order valence-corrected chi connectivity index (χ4v) is 4.95. The standard InChI is InChI=1S/C25H24N2O6S/c1-5-33-24(30)21-14(2)26-25-27(22(21)18-13-17(31-3)9-10-19(18)32-4)23(29)20(34-25)12-15-7-6-8-16(28)11-15/h6-13,22,28H,5H2,1-4H3/b20-12+/t22-/m0/s1. The Bertz CT molecular complexity index is 1470. The zero-order valence-electron chi connectivity index (χ0n) is 19.2. The number of nitrogens with zero attached hydrogens (tertiary/aromatic N) is 2. The van der Waals surface area contributed by atoms with Crippen LogP contribution in [0.4, 0.5) is 0 Å². The average molecular weight is 481 g/mol. The molecular weight excluding hydrogens is 456 g/mol. The number of aromatic hydroxyl groups is 1. The number of aromatic nitrogens is 1. The third kappa shape index (κ3) is 4.22. The molecule has 176 valence electrons. The summed E-state index contributed by atoms with van der Waals surface area (Å²) >= 11 is 1.20. The van der Waals surface area contributed by atoms with E-state index in [9.17, 15) is 14.7 Å². The van der Waals surface area contributed by atoms with Gasteiger partial charge in [-0.15, -0.1) is 0 Å². The molecule has 2 aromatic carbocycles. The van der Waals surface area contributed by atoms with Gasteiger partial charge in [0.2, 0.25) is 0 Å². The number of phenolic OH excluding ortho intramolecular Hbond substituents is 1. The maximum Gasteiger partial charge on any atom is 0.338 e. The number of rotatable bonds is 6. The van der Waals surface area contributed by atoms with Crippen molar-refractivity contribution in [3.05, 3.63) is 84.5 Å². The van der Waals surface area contributed by atoms with Gasteiger partial charge in [0.25, 0.3) is 5.56 Å². The summed E-state index contributed by atoms with van der Waals surface area (Å²) in [5.41, 5.74) is 1.63. The predicted octanol–water partition coefficient (Wildman–Crippen LogP) is 2.52. The number of fused-ring (bicyclic) bond motifs is 1. The van der Waals surface area contributed by atoms with Crippen molar-refractivity contribution in [1.29, 1.82) is 0 Å². The number of esters is 1. The van der Waals surface area contributed by atoms with Crippen molar-refractivity contribution in [2.45, 2.75) is 19.9 Å². The molecule has 1 aliphatic rings. The van der Waals surface area contributed by atoms with Crippen molar-refractivity contribution < 1.29 is 24.1 Å². The quantitative estimate of drug-likeness (QED) is 0.545. The van der Waals surface area contributed by atoms with Crippen molar-refractivity contribution in [2.24, 2.45) is 4.99 Å². The summed E-state index contributed by atoms with van der Waals surface area (Å²) < 4.78 is 18.2. The number of carbonyl (C=O) groups is 1. The van der Waals surface area contributed by atoms with Crippen LogP contribution in [0.15, 0.2) is 63.5 Å². The minimum absolute atomic E-state index is 0.0981. The van der Waals surface area contributed by atoms with E-state index in [-0.39, 0.29) is 23.5 Å². The highest BCUT2D eigenvalue weighted by Crippen LogP contribution is 2.37. The first-order chi connectivity index (χ1) is 16.4. The first-order valence-corrected chi connectivity index (χ1v) is 11.4. The van der Waals surface area contributed by atoms with Crippen LogP contribution in [0.2, 0.25) is 0 Å². The van der Waals surface area contributed by atoms with Crippen LogP contribution in [0.25, 0.3) is 6.08 Å². The number of hydrogen-bond donors (Lipinski definition) is 1. The minimum Gasteiger partial charge on any atom is -0.508 e. The molecule has 0 unspecified atom stereocenters. The summed E-state index contributed by atoms with van der Waals surface area (Å²) in [4.78, 5) is 31.7. The second-order valence-electron chi connectivity index (χ2n) is 7.51. The molecule has 0 saturated carbocycles. The minimum atomic E-state index is -0.827. The van der Waals surface area contributed by atoms with Crippen LogP contribution >= 0.6 is 11.3 Å². The summed E-state index contributed by atoms with van der Waals surface area (Å²) in [5, 5.41) is 9.80. The topological polar surface area (TPSA) is 99.4 Å². The highest BCUT2D eigenvalue weighted by atomic mass is 32.1. The molecular formula is C25H24N2O6S. The van der Waals surface area contributed by atoms with E-state index >= 15 is 0 Å². The number of carbonyl (C=O) groups excluding carboxylic acids is 1. The van der Waals surface area contributed by atoms with Gasteiger partial charge in [-0.3, -0.25) is 9.36 Å². The van der Waals surface area contributed by atoms with E-state index in [1.165, 1.54) is 23.0 Å². The normalized spacial score (nSPS) is 15.5. The first kappa shape index (κ1) is 23.3. The van der Waals surface area contributed by atoms with Crippen molar-refractivity contribution in [3.63, 3.8) is 0 Å². The van der Waals surface area contributed by atoms with Gasteiger partial charge in [-0.2, -0.15) is 0 Å². The monoisotopic (exact) mass is 480 g/mol. The predicted molar refractivity (Wildman–Crippen MR) is 128 cm³/mol. The van der Waals surface area contributed by atoms with E-state index in [1.807, 2.05) is 0 Å². The van der Waals surface area contributed by atoms with Gasteiger partial charge in [-0.1, -0.05) is 23.5 Å². The van der Waals surface area contributed by atoms with Crippen LogP contribution in [0.1, 0.15) is 31.0 Å². The van der Waals surface area contributed by atoms with Crippen LogP contribution in [-0.2, 0) is 9.53 Å². The molecule has 1 atom stereocenters. The zero-order valence-corrected chi connectivity index (χ0v) is 20.0. The lowest BCUT2D eigenvalue weighted by molar-refractivity contribution is -0.139. The fourth-order valence-electron chi connectivity index (χ4n) is 3.90. The second kappa shape index (κ2) is 9.56. The Balaban J connectivity index is 2.02. The lowest BCUT2D eigenvalue weighted by Gasteiger charge is -2.26. The molecule has 0 bridgehead atoms. The Morgan fingerprint density at radius 3 is 2.68 bits per heavy atom. The number of allylic oxidation sites excluding steroid dienone is 1. The number of methoxy groups -OCH3 is 2. The molecule has 0 saturated heterocycles. The van der Waals surface area contributed by atoms with E-state index in [0.717, 1.165) is 0 Å². The van der Waals surface area contributed by atoms with Gasteiger partial charge >= 0.3 is 5.97 Å². The molecule has 9 heteroatoms. The molecule has 1 N–H and O–H groups in total. The number of benzene rings is 2. The molecule has 1 aliphatic heterocycles. The molecule has 1 aromatic heterocycles. The van der Waals surface area contributed by atoms with E-state index < -0.39 is 12.0 Å². The number of thiazole rings is 1. The first-order valence-electron chi connectivity index (χ1n) is 10.6. The van der Waals surface area contributed by atoms with E-state index in [1.54, 1.807) is 69.5 Å². The molecule has 0 amide bonds. The Morgan fingerprint density at radius 1 is 1.21 bits per heavy atom. The second-order valence-corrected chi connectivity index (χ2v) is 8.51. The van der Waals surface area contributed by atoms with Crippen LogP contribution in [-0.4, -0.2) is 36.5 Å². The molecule has 8 nitrogen and oxygen atoms in total. The van der Waals surface area contributed by atoms with Crippen molar-refractivity contribution >= 4 is 23.4 Å². The molecule has 2 heterocycles. The molecule has 3 aromatic rings. The van der Waals surface area contributed by atoms with Gasteiger partial charge in [-0.25, -0.2) is 9.79 Å². The zero-order chi connectivity index (χ0) is 24.4. The van der Waals surface area contributed by atoms with E-state index in [2.05, 4.69) is 4.99 Å². The van der Waals surface area contributed by atoms with Crippen LogP contribution < -0.4 is 24.4 Å². The molecule has 0 aliphatic carbocycles. The Labute approximate surface area is 199 Å². The lowest BCUT2D eigenvalue weighted by Crippen LogP contribution is -2.40. The third-order valence-electron chi connectivity index (χ3n) is 5.42. The number of phenols is 1. The SMILES string of the molecule is CCOC(=O)C1=C(C)N=c2s/c(=C/c3cccc(O)c3)c(=O)n2[C@H]1c1cc(OC)ccc1OC. The third-order valence-corrected chi connectivity index (χ3v) is 6.40. The maximum atomic E-state index is 13.6. The smallest absolute Gasteiger partial charge is 0.338 e. The van der Waals surface area contributed by atoms with Gasteiger partial charge in [0.1, 0.15) is 23.3 Å². The maximum absolute atomic E-state index is 13.6. The van der Waals surface area contributed by atoms with Crippen LogP contribution in [0.5, 0.6) is 17.2 Å². The van der Waals surface area contributed by atoms with E-state index in [0.29, 0.717) is 37.7 Å². The van der Waals surface area contributed by atoms with Crippen molar-refractivity contribution in [1.82, 2.24) is 4.57 Å². The Morgan fingerprint density at radius 2 is 2.00 bits per heavy atom. The fraction of sp³-hybridized carbons (Fsp3) is 0.240. The Kier molecular flexibility index (Phi) is 6.56. The highest BCUT2D eigenvalue weighted by molar-refractivity contribution is 7.07. The number of ether oxygens (including phenoxy) is 3. The number of hydrogen-bond acceptors (Lipinski definition) is 8. The van der Waals surface area contributed by atoms with Crippen molar-refractivity contribution in [2.75, 3.05) is 20.8 Å². The molecule has 0 fully saturated rings. The van der Waals surface area contributed by atoms with Gasteiger partial charge in [0.05, 0.1) is 36.6 Å². The summed E-state index contributed by atoms with van der Waals surface area (Å²) in [6, 6.07) is 11.0. The lowest BCUT2D eigenvalue weighted by atomic mass is 9.94.